The second kappa shape index (κ2) is 9.39. The molecule has 156 valence electrons. The highest BCUT2D eigenvalue weighted by atomic mass is 15.3. The van der Waals surface area contributed by atoms with E-state index in [1.807, 2.05) is 7.05 Å². The van der Waals surface area contributed by atoms with Crippen molar-refractivity contribution in [2.45, 2.75) is 13.3 Å². The molecular weight excluding hydrogens is 376 g/mol. The molecule has 0 unspecified atom stereocenters. The van der Waals surface area contributed by atoms with Crippen molar-refractivity contribution >= 4 is 28.4 Å². The van der Waals surface area contributed by atoms with Crippen LogP contribution < -0.4 is 10.6 Å². The van der Waals surface area contributed by atoms with Crippen LogP contribution in [-0.2, 0) is 7.05 Å². The maximum atomic E-state index is 4.81. The summed E-state index contributed by atoms with van der Waals surface area (Å²) >= 11 is 0. The fraction of sp³-hybridized carbons (Fsp3) is 0.364. The monoisotopic (exact) mass is 404 g/mol. The van der Waals surface area contributed by atoms with Gasteiger partial charge in [-0.05, 0) is 24.5 Å². The lowest BCUT2D eigenvalue weighted by molar-refractivity contribution is 0.440. The first-order valence-corrected chi connectivity index (χ1v) is 10.4. The van der Waals surface area contributed by atoms with Crippen molar-refractivity contribution in [1.29, 1.82) is 0 Å². The van der Waals surface area contributed by atoms with E-state index in [1.54, 1.807) is 17.2 Å². The van der Waals surface area contributed by atoms with E-state index in [0.29, 0.717) is 13.1 Å². The first-order chi connectivity index (χ1) is 14.8. The highest BCUT2D eigenvalue weighted by molar-refractivity contribution is 5.86. The number of aromatic nitrogens is 4. The number of anilines is 1. The number of fused-ring (bicyclic) bond motifs is 1. The normalized spacial score (nSPS) is 14.7. The second-order valence-electron chi connectivity index (χ2n) is 7.18. The van der Waals surface area contributed by atoms with Crippen LogP contribution in [0.25, 0.3) is 16.6 Å². The molecule has 3 heterocycles. The first-order valence-electron chi connectivity index (χ1n) is 10.4. The molecular formula is C22H28N8. The molecule has 0 radical (unpaired) electrons. The number of nitrogens with zero attached hydrogens (tertiary/aromatic N) is 6. The van der Waals surface area contributed by atoms with Gasteiger partial charge in [0, 0.05) is 33.2 Å². The number of rotatable bonds is 6. The van der Waals surface area contributed by atoms with Crippen LogP contribution in [0.5, 0.6) is 0 Å². The minimum absolute atomic E-state index is 0.653. The Balaban J connectivity index is 1.36. The number of nitrogens with one attached hydrogen (secondary N) is 2. The zero-order chi connectivity index (χ0) is 20.8. The van der Waals surface area contributed by atoms with E-state index in [-0.39, 0.29) is 0 Å². The van der Waals surface area contributed by atoms with Gasteiger partial charge >= 0.3 is 0 Å². The Hall–Kier alpha value is -3.42. The Kier molecular flexibility index (Phi) is 6.22. The lowest BCUT2D eigenvalue weighted by atomic mass is 10.00. The topological polar surface area (TPSA) is 83.3 Å². The Morgan fingerprint density at radius 1 is 1.20 bits per heavy atom. The molecule has 2 aromatic heterocycles. The van der Waals surface area contributed by atoms with Crippen LogP contribution in [-0.4, -0.2) is 63.3 Å². The SMILES string of the molecule is CCNC(=NCCNc1ncnc2c1cnn2C)N1CC=C(c2ccccc2)CC1. The van der Waals surface area contributed by atoms with Gasteiger partial charge in [-0.15, -0.1) is 0 Å². The minimum atomic E-state index is 0.653. The van der Waals surface area contributed by atoms with Gasteiger partial charge in [-0.1, -0.05) is 36.4 Å². The van der Waals surface area contributed by atoms with Crippen molar-refractivity contribution < 1.29 is 0 Å². The van der Waals surface area contributed by atoms with Crippen LogP contribution in [0, 0.1) is 0 Å². The molecule has 4 rings (SSSR count). The van der Waals surface area contributed by atoms with Gasteiger partial charge in [-0.3, -0.25) is 9.67 Å². The average molecular weight is 405 g/mol. The van der Waals surface area contributed by atoms with Gasteiger partial charge in [0.15, 0.2) is 11.6 Å². The Morgan fingerprint density at radius 3 is 2.83 bits per heavy atom. The lowest BCUT2D eigenvalue weighted by Gasteiger charge is -2.30. The third-order valence-electron chi connectivity index (χ3n) is 5.18. The number of benzene rings is 1. The summed E-state index contributed by atoms with van der Waals surface area (Å²) < 4.78 is 1.75. The van der Waals surface area contributed by atoms with Gasteiger partial charge in [-0.25, -0.2) is 9.97 Å². The standard InChI is InChI=1S/C22H28N8/c1-3-23-22(30-13-9-18(10-14-30)17-7-5-4-6-8-17)25-12-11-24-20-19-15-28-29(2)21(19)27-16-26-20/h4-9,15-16H,3,10-14H2,1-2H3,(H,23,25)(H,24,26,27). The molecule has 0 saturated heterocycles. The fourth-order valence-electron chi connectivity index (χ4n) is 3.64. The highest BCUT2D eigenvalue weighted by Gasteiger charge is 2.16. The third kappa shape index (κ3) is 4.42. The van der Waals surface area contributed by atoms with Gasteiger partial charge in [-0.2, -0.15) is 5.10 Å². The summed E-state index contributed by atoms with van der Waals surface area (Å²) in [5.41, 5.74) is 3.54. The quantitative estimate of drug-likeness (QED) is 0.373. The largest absolute Gasteiger partial charge is 0.367 e. The summed E-state index contributed by atoms with van der Waals surface area (Å²) in [6.45, 7) is 6.12. The molecule has 0 spiro atoms. The zero-order valence-electron chi connectivity index (χ0n) is 17.5. The van der Waals surface area contributed by atoms with E-state index in [2.05, 4.69) is 73.9 Å². The van der Waals surface area contributed by atoms with Crippen LogP contribution in [0.3, 0.4) is 0 Å². The lowest BCUT2D eigenvalue weighted by Crippen LogP contribution is -2.43. The van der Waals surface area contributed by atoms with Gasteiger partial charge in [0.2, 0.25) is 0 Å². The van der Waals surface area contributed by atoms with E-state index in [0.717, 1.165) is 48.9 Å². The van der Waals surface area contributed by atoms with Gasteiger partial charge in [0.1, 0.15) is 12.1 Å². The summed E-state index contributed by atoms with van der Waals surface area (Å²) in [6, 6.07) is 10.6. The molecule has 0 aliphatic carbocycles. The molecule has 2 N–H and O–H groups in total. The van der Waals surface area contributed by atoms with E-state index < -0.39 is 0 Å². The highest BCUT2D eigenvalue weighted by Crippen LogP contribution is 2.22. The predicted molar refractivity (Wildman–Crippen MR) is 121 cm³/mol. The fourth-order valence-corrected chi connectivity index (χ4v) is 3.64. The molecule has 1 aromatic carbocycles. The van der Waals surface area contributed by atoms with Crippen molar-refractivity contribution in [1.82, 2.24) is 30.0 Å². The summed E-state index contributed by atoms with van der Waals surface area (Å²) in [5.74, 6) is 1.75. The maximum Gasteiger partial charge on any atom is 0.194 e. The number of hydrogen-bond donors (Lipinski definition) is 2. The summed E-state index contributed by atoms with van der Waals surface area (Å²) in [6.07, 6.45) is 6.68. The molecule has 0 bridgehead atoms. The van der Waals surface area contributed by atoms with Crippen LogP contribution in [0.1, 0.15) is 18.9 Å². The second-order valence-corrected chi connectivity index (χ2v) is 7.18. The number of hydrogen-bond acceptors (Lipinski definition) is 5. The van der Waals surface area contributed by atoms with Crippen LogP contribution in [0.2, 0.25) is 0 Å². The molecule has 30 heavy (non-hydrogen) atoms. The van der Waals surface area contributed by atoms with Crippen molar-refractivity contribution in [3.05, 3.63) is 54.5 Å². The molecule has 8 heteroatoms. The summed E-state index contributed by atoms with van der Waals surface area (Å²) in [7, 11) is 1.88. The van der Waals surface area contributed by atoms with Crippen LogP contribution in [0.15, 0.2) is 53.9 Å². The minimum Gasteiger partial charge on any atom is -0.367 e. The van der Waals surface area contributed by atoms with E-state index in [4.69, 9.17) is 4.99 Å². The average Bonchev–Trinajstić information content (AvgIpc) is 3.18. The Morgan fingerprint density at radius 2 is 2.07 bits per heavy atom. The number of guanidine groups is 1. The number of aryl methyl sites for hydroxylation is 1. The van der Waals surface area contributed by atoms with Gasteiger partial charge in [0.05, 0.1) is 18.1 Å². The van der Waals surface area contributed by atoms with E-state index in [9.17, 15) is 0 Å². The van der Waals surface area contributed by atoms with Crippen LogP contribution in [0.4, 0.5) is 5.82 Å². The van der Waals surface area contributed by atoms with E-state index >= 15 is 0 Å². The summed E-state index contributed by atoms with van der Waals surface area (Å²) in [4.78, 5) is 15.7. The van der Waals surface area contributed by atoms with Crippen molar-refractivity contribution in [2.24, 2.45) is 12.0 Å². The first kappa shape index (κ1) is 19.9. The zero-order valence-corrected chi connectivity index (χ0v) is 17.5. The molecule has 3 aromatic rings. The number of aliphatic imine (C=N–C) groups is 1. The van der Waals surface area contributed by atoms with Crippen LogP contribution >= 0.6 is 0 Å². The van der Waals surface area contributed by atoms with Crippen molar-refractivity contribution in [3.63, 3.8) is 0 Å². The van der Waals surface area contributed by atoms with Crippen molar-refractivity contribution in [2.75, 3.05) is 38.0 Å². The molecule has 8 nitrogen and oxygen atoms in total. The molecule has 0 saturated carbocycles. The van der Waals surface area contributed by atoms with E-state index in [1.165, 1.54) is 11.1 Å². The molecule has 0 amide bonds. The molecule has 1 aliphatic heterocycles. The maximum absolute atomic E-state index is 4.81. The smallest absolute Gasteiger partial charge is 0.194 e. The third-order valence-corrected chi connectivity index (χ3v) is 5.18. The molecule has 0 atom stereocenters. The summed E-state index contributed by atoms with van der Waals surface area (Å²) in [5, 5.41) is 12.0. The Labute approximate surface area is 176 Å². The van der Waals surface area contributed by atoms with Gasteiger partial charge in [0.25, 0.3) is 0 Å². The molecule has 1 aliphatic rings. The van der Waals surface area contributed by atoms with Gasteiger partial charge < -0.3 is 15.5 Å². The van der Waals surface area contributed by atoms with Crippen molar-refractivity contribution in [3.8, 4) is 0 Å². The predicted octanol–water partition coefficient (Wildman–Crippen LogP) is 2.53. The molecule has 0 fully saturated rings. The Bertz CT molecular complexity index is 1040.